The van der Waals surface area contributed by atoms with E-state index in [0.717, 1.165) is 89.9 Å². The quantitative estimate of drug-likeness (QED) is 0.0169. The van der Waals surface area contributed by atoms with E-state index in [1.54, 1.807) is 0 Å². The molecule has 0 aromatic heterocycles. The molecule has 3 N–H and O–H groups in total. The van der Waals surface area contributed by atoms with Crippen molar-refractivity contribution in [2.24, 2.45) is 0 Å². The molecule has 0 aliphatic carbocycles. The lowest BCUT2D eigenvalue weighted by molar-refractivity contribution is -0.161. The normalized spacial score (nSPS) is 14.3. The first-order valence-electron chi connectivity index (χ1n) is 42.5. The maximum Gasteiger partial charge on any atom is 0.472 e. The molecule has 0 aliphatic rings. The van der Waals surface area contributed by atoms with E-state index in [4.69, 9.17) is 37.0 Å². The van der Waals surface area contributed by atoms with Crippen LogP contribution in [-0.2, 0) is 65.4 Å². The van der Waals surface area contributed by atoms with Gasteiger partial charge in [0.05, 0.1) is 26.4 Å². The minimum Gasteiger partial charge on any atom is -0.462 e. The van der Waals surface area contributed by atoms with Crippen molar-refractivity contribution in [2.45, 2.75) is 393 Å². The number of carbonyl (C=O) groups excluding carboxylic acids is 4. The molecule has 0 aromatic carbocycles. The van der Waals surface area contributed by atoms with Crippen LogP contribution in [0.5, 0.6) is 0 Å². The predicted molar refractivity (Wildman–Crippen MR) is 436 cm³/mol. The third-order valence-corrected chi connectivity index (χ3v) is 20.0. The molecule has 0 fully saturated rings. The van der Waals surface area contributed by atoms with Gasteiger partial charge in [-0.1, -0.05) is 343 Å². The van der Waals surface area contributed by atoms with Crippen LogP contribution in [0, 0.1) is 0 Å². The molecule has 5 atom stereocenters. The monoisotopic (exact) mass is 1530 g/mol. The lowest BCUT2D eigenvalue weighted by atomic mass is 10.0. The fourth-order valence-electron chi connectivity index (χ4n) is 11.6. The second kappa shape index (κ2) is 79.1. The Hall–Kier alpha value is -4.02. The van der Waals surface area contributed by atoms with Crippen molar-refractivity contribution in [1.29, 1.82) is 0 Å². The number of phosphoric ester groups is 2. The molecule has 19 heteroatoms. The highest BCUT2D eigenvalue weighted by molar-refractivity contribution is 7.47. The van der Waals surface area contributed by atoms with Crippen molar-refractivity contribution >= 4 is 39.5 Å². The molecular weight excluding hydrogens is 1380 g/mol. The SMILES string of the molecule is CCCCC/C=C\C/C=C\C/C=C\C/C=C\CCCC(=O)O[C@H](COC(=O)CCCCCCCCCCCCCCCCC)COP(=O)(O)OC[C@@H](O)COP(=O)(O)OC[C@@H](COC(=O)CCCCCCCCCCCCCCCCCCC)OC(=O)CCC/C=C\C/C=C\C/C=C\C/C=C\CCCCC. The van der Waals surface area contributed by atoms with Gasteiger partial charge in [-0.05, 0) is 103 Å². The number of hydrogen-bond donors (Lipinski definition) is 3. The minimum absolute atomic E-state index is 0.0201. The molecule has 0 radical (unpaired) electrons. The van der Waals surface area contributed by atoms with Crippen molar-refractivity contribution in [2.75, 3.05) is 39.6 Å². The first-order chi connectivity index (χ1) is 51.7. The van der Waals surface area contributed by atoms with E-state index in [-0.39, 0.29) is 25.7 Å². The Morgan fingerprint density at radius 2 is 0.472 bits per heavy atom. The van der Waals surface area contributed by atoms with Gasteiger partial charge in [0.2, 0.25) is 0 Å². The van der Waals surface area contributed by atoms with Gasteiger partial charge in [0.1, 0.15) is 19.3 Å². The highest BCUT2D eigenvalue weighted by Crippen LogP contribution is 2.45. The molecule has 0 bridgehead atoms. The molecular formula is C87H154O17P2. The third kappa shape index (κ3) is 78.1. The summed E-state index contributed by atoms with van der Waals surface area (Å²) in [5.74, 6) is -2.28. The molecule has 614 valence electrons. The number of phosphoric acid groups is 2. The van der Waals surface area contributed by atoms with Gasteiger partial charge < -0.3 is 33.8 Å². The number of ether oxygens (including phenoxy) is 4. The summed E-state index contributed by atoms with van der Waals surface area (Å²) >= 11 is 0. The number of allylic oxidation sites excluding steroid dienone is 16. The molecule has 0 heterocycles. The molecule has 106 heavy (non-hydrogen) atoms. The Kier molecular flexibility index (Phi) is 76.1. The van der Waals surface area contributed by atoms with Crippen LogP contribution >= 0.6 is 15.6 Å². The molecule has 0 amide bonds. The second-order valence-electron chi connectivity index (χ2n) is 28.4. The lowest BCUT2D eigenvalue weighted by Crippen LogP contribution is -2.30. The summed E-state index contributed by atoms with van der Waals surface area (Å²) < 4.78 is 68.7. The van der Waals surface area contributed by atoms with Gasteiger partial charge in [0.15, 0.2) is 12.2 Å². The van der Waals surface area contributed by atoms with Crippen LogP contribution in [0.4, 0.5) is 0 Å². The van der Waals surface area contributed by atoms with E-state index < -0.39 is 97.5 Å². The average molecular weight is 1530 g/mol. The van der Waals surface area contributed by atoms with Crippen molar-refractivity contribution in [3.05, 3.63) is 97.2 Å². The summed E-state index contributed by atoms with van der Waals surface area (Å²) in [4.78, 5) is 73.1. The Balaban J connectivity index is 5.44. The van der Waals surface area contributed by atoms with Crippen molar-refractivity contribution < 1.29 is 80.2 Å². The zero-order chi connectivity index (χ0) is 77.4. The first-order valence-corrected chi connectivity index (χ1v) is 45.5. The van der Waals surface area contributed by atoms with Gasteiger partial charge in [-0.25, -0.2) is 9.13 Å². The van der Waals surface area contributed by atoms with Crippen LogP contribution in [0.1, 0.15) is 374 Å². The lowest BCUT2D eigenvalue weighted by Gasteiger charge is -2.21. The molecule has 2 unspecified atom stereocenters. The number of rotatable bonds is 80. The van der Waals surface area contributed by atoms with Crippen molar-refractivity contribution in [1.82, 2.24) is 0 Å². The number of aliphatic hydroxyl groups is 1. The fraction of sp³-hybridized carbons (Fsp3) is 0.770. The molecule has 0 saturated heterocycles. The smallest absolute Gasteiger partial charge is 0.462 e. The fourth-order valence-corrected chi connectivity index (χ4v) is 13.1. The summed E-state index contributed by atoms with van der Waals surface area (Å²) in [5, 5.41) is 10.7. The van der Waals surface area contributed by atoms with Crippen molar-refractivity contribution in [3.63, 3.8) is 0 Å². The molecule has 0 aliphatic heterocycles. The topological polar surface area (TPSA) is 237 Å². The van der Waals surface area contributed by atoms with E-state index in [9.17, 15) is 43.2 Å². The third-order valence-electron chi connectivity index (χ3n) is 18.1. The van der Waals surface area contributed by atoms with E-state index >= 15 is 0 Å². The Labute approximate surface area is 646 Å². The molecule has 0 rings (SSSR count). The van der Waals surface area contributed by atoms with Crippen LogP contribution in [0.3, 0.4) is 0 Å². The van der Waals surface area contributed by atoms with Gasteiger partial charge in [0.25, 0.3) is 0 Å². The predicted octanol–water partition coefficient (Wildman–Crippen LogP) is 25.1. The maximum absolute atomic E-state index is 13.1. The average Bonchev–Trinajstić information content (AvgIpc) is 0.902. The van der Waals surface area contributed by atoms with Gasteiger partial charge in [-0.2, -0.15) is 0 Å². The van der Waals surface area contributed by atoms with Crippen LogP contribution < -0.4 is 0 Å². The van der Waals surface area contributed by atoms with Crippen LogP contribution in [0.15, 0.2) is 97.2 Å². The number of hydrogen-bond acceptors (Lipinski definition) is 15. The largest absolute Gasteiger partial charge is 0.472 e. The Morgan fingerprint density at radius 1 is 0.264 bits per heavy atom. The second-order valence-corrected chi connectivity index (χ2v) is 31.3. The summed E-state index contributed by atoms with van der Waals surface area (Å²) in [6, 6.07) is 0. The van der Waals surface area contributed by atoms with Gasteiger partial charge in [0, 0.05) is 25.7 Å². The van der Waals surface area contributed by atoms with E-state index in [2.05, 4.69) is 101 Å². The highest BCUT2D eigenvalue weighted by Gasteiger charge is 2.30. The molecule has 0 aromatic rings. The van der Waals surface area contributed by atoms with Crippen LogP contribution in [0.2, 0.25) is 0 Å². The number of aliphatic hydroxyl groups excluding tert-OH is 1. The number of unbranched alkanes of at least 4 members (excludes halogenated alkanes) is 38. The van der Waals surface area contributed by atoms with Gasteiger partial charge in [-0.15, -0.1) is 0 Å². The van der Waals surface area contributed by atoms with E-state index in [1.165, 1.54) is 193 Å². The molecule has 0 saturated carbocycles. The number of esters is 4. The standard InChI is InChI=1S/C87H154O17P2/c1-5-9-13-17-21-25-29-33-37-40-44-48-52-56-60-64-68-72-85(90)98-78-83(104-87(92)74-70-66-62-58-54-50-46-42-39-35-31-27-23-19-15-11-7-3)80-102-106(95,96)100-76-81(88)75-99-105(93,94)101-79-82(77-97-84(89)71-67-63-59-55-51-47-43-36-32-28-24-20-16-12-8-4)103-86(91)73-69-65-61-57-53-49-45-41-38-34-30-26-22-18-14-10-6-2/h22-23,26-27,34-35,38-39,45-46,49-50,57-58,61-62,81-83,88H,5-21,24-25,28-33,36-37,40-44,47-48,51-56,59-60,63-80H2,1-4H3,(H,93,94)(H,95,96)/b26-22-,27-23-,38-34-,39-35-,49-45-,50-46-,61-57-,62-58-/t81-,82-,83-/m1/s1. The van der Waals surface area contributed by atoms with E-state index in [1.807, 2.05) is 24.3 Å². The summed E-state index contributed by atoms with van der Waals surface area (Å²) in [5.41, 5.74) is 0. The first kappa shape index (κ1) is 102. The summed E-state index contributed by atoms with van der Waals surface area (Å²) in [6.45, 7) is 4.77. The van der Waals surface area contributed by atoms with E-state index in [0.29, 0.717) is 38.5 Å². The molecule has 0 spiro atoms. The summed E-state index contributed by atoms with van der Waals surface area (Å²) in [6.07, 6.45) is 85.3. The van der Waals surface area contributed by atoms with Gasteiger partial charge in [-0.3, -0.25) is 37.3 Å². The zero-order valence-electron chi connectivity index (χ0n) is 67.3. The summed E-state index contributed by atoms with van der Waals surface area (Å²) in [7, 11) is -9.99. The Bertz CT molecular complexity index is 2380. The van der Waals surface area contributed by atoms with Crippen LogP contribution in [-0.4, -0.2) is 96.7 Å². The minimum atomic E-state index is -5.00. The van der Waals surface area contributed by atoms with Gasteiger partial charge >= 0.3 is 39.5 Å². The maximum atomic E-state index is 13.1. The highest BCUT2D eigenvalue weighted by atomic mass is 31.2. The molecule has 17 nitrogen and oxygen atoms in total. The Morgan fingerprint density at radius 3 is 0.736 bits per heavy atom. The van der Waals surface area contributed by atoms with Crippen molar-refractivity contribution in [3.8, 4) is 0 Å². The van der Waals surface area contributed by atoms with Crippen LogP contribution in [0.25, 0.3) is 0 Å². The zero-order valence-corrected chi connectivity index (χ0v) is 69.1. The number of carbonyl (C=O) groups is 4.